The highest BCUT2D eigenvalue weighted by molar-refractivity contribution is 5.98. The Morgan fingerprint density at radius 2 is 1.70 bits per heavy atom. The van der Waals surface area contributed by atoms with Crippen LogP contribution in [0.4, 0.5) is 0 Å². The summed E-state index contributed by atoms with van der Waals surface area (Å²) in [5.41, 5.74) is 2.69. The van der Waals surface area contributed by atoms with Crippen molar-refractivity contribution in [3.05, 3.63) is 52.6 Å². The maximum Gasteiger partial charge on any atom is 0.339 e. The van der Waals surface area contributed by atoms with E-state index in [0.717, 1.165) is 76.2 Å². The van der Waals surface area contributed by atoms with Crippen LogP contribution in [0, 0.1) is 17.3 Å². The Hall–Kier alpha value is -3.58. The molecule has 9 atom stereocenters. The first-order valence-corrected chi connectivity index (χ1v) is 25.6. The lowest BCUT2D eigenvalue weighted by atomic mass is 9.52. The predicted molar refractivity (Wildman–Crippen MR) is 253 cm³/mol. The Bertz CT molecular complexity index is 1960. The standard InChI is InChI=1S/C54H80N2O10/c1-9-11-15-26-54(27-16-12-10-2)63-44-32-37(49(60)56-29-17-20-42(56)48(59)55-38(34-57)22-24-46(58)65-51(3,4)5)31-43(47(44)66-54)62-50(61)39-19-14-13-18-35(39)30-36-21-23-45-53(8,64-45)28-25-41-40(36)33-52(41,6)7/h13-14,18-19,30,32,38,40-45,47,57H,9-12,15-17,20-29,31,33-34H2,1-8H3,(H,55,59)/t38-,40+,41+,42+,43+,44+,45?,47-,53+/m0/s1. The molecule has 1 aromatic carbocycles. The summed E-state index contributed by atoms with van der Waals surface area (Å²) in [7, 11) is 0. The number of rotatable bonds is 18. The second-order valence-electron chi connectivity index (χ2n) is 22.2. The fourth-order valence-corrected chi connectivity index (χ4v) is 11.7. The van der Waals surface area contributed by atoms with Gasteiger partial charge in [0.1, 0.15) is 30.0 Å². The van der Waals surface area contributed by atoms with Gasteiger partial charge in [-0.25, -0.2) is 4.79 Å². The van der Waals surface area contributed by atoms with Gasteiger partial charge in [0.05, 0.1) is 29.9 Å². The summed E-state index contributed by atoms with van der Waals surface area (Å²) >= 11 is 0. The van der Waals surface area contributed by atoms with Crippen molar-refractivity contribution in [3.63, 3.8) is 0 Å². The number of benzene rings is 1. The van der Waals surface area contributed by atoms with Gasteiger partial charge in [-0.2, -0.15) is 0 Å². The molecule has 2 saturated carbocycles. The van der Waals surface area contributed by atoms with Gasteiger partial charge in [0.2, 0.25) is 11.8 Å². The zero-order valence-corrected chi connectivity index (χ0v) is 41.3. The van der Waals surface area contributed by atoms with Gasteiger partial charge in [0.25, 0.3) is 0 Å². The van der Waals surface area contributed by atoms with Gasteiger partial charge in [0, 0.05) is 37.8 Å². The van der Waals surface area contributed by atoms with E-state index in [0.29, 0.717) is 55.2 Å². The van der Waals surface area contributed by atoms with Gasteiger partial charge >= 0.3 is 11.9 Å². The van der Waals surface area contributed by atoms with Crippen molar-refractivity contribution < 1.29 is 48.0 Å². The molecule has 12 nitrogen and oxygen atoms in total. The molecule has 1 aromatic rings. The third-order valence-corrected chi connectivity index (χ3v) is 15.4. The zero-order chi connectivity index (χ0) is 47.4. The molecular weight excluding hydrogens is 837 g/mol. The van der Waals surface area contributed by atoms with E-state index in [9.17, 15) is 24.3 Å². The molecule has 0 bridgehead atoms. The van der Waals surface area contributed by atoms with Gasteiger partial charge in [0.15, 0.2) is 5.79 Å². The van der Waals surface area contributed by atoms with Crippen LogP contribution >= 0.6 is 0 Å². The minimum atomic E-state index is -0.873. The van der Waals surface area contributed by atoms with E-state index < -0.39 is 53.7 Å². The number of unbranched alkanes of at least 4 members (excludes halogenated alkanes) is 4. The van der Waals surface area contributed by atoms with Gasteiger partial charge in [-0.15, -0.1) is 0 Å². The third kappa shape index (κ3) is 11.8. The van der Waals surface area contributed by atoms with Gasteiger partial charge in [-0.1, -0.05) is 83.2 Å². The molecule has 66 heavy (non-hydrogen) atoms. The van der Waals surface area contributed by atoms with Crippen LogP contribution in [0.5, 0.6) is 0 Å². The summed E-state index contributed by atoms with van der Waals surface area (Å²) in [6.45, 7) is 16.7. The molecule has 2 amide bonds. The molecule has 5 fully saturated rings. The Morgan fingerprint density at radius 3 is 2.38 bits per heavy atom. The predicted octanol–water partition coefficient (Wildman–Crippen LogP) is 9.55. The summed E-state index contributed by atoms with van der Waals surface area (Å²) in [4.78, 5) is 57.2. The number of hydrogen-bond donors (Lipinski definition) is 2. The molecular formula is C54H80N2O10. The normalized spacial score (nSPS) is 30.9. The third-order valence-electron chi connectivity index (χ3n) is 15.4. The quantitative estimate of drug-likeness (QED) is 0.0827. The average molecular weight is 917 g/mol. The van der Waals surface area contributed by atoms with Crippen LogP contribution in [0.15, 0.2) is 41.5 Å². The molecule has 366 valence electrons. The van der Waals surface area contributed by atoms with Crippen molar-refractivity contribution in [1.82, 2.24) is 10.2 Å². The van der Waals surface area contributed by atoms with Crippen LogP contribution in [0.1, 0.15) is 187 Å². The zero-order valence-electron chi connectivity index (χ0n) is 41.3. The fourth-order valence-electron chi connectivity index (χ4n) is 11.7. The summed E-state index contributed by atoms with van der Waals surface area (Å²) in [5.74, 6) is -1.42. The number of aliphatic hydroxyl groups excluding tert-OH is 1. The summed E-state index contributed by atoms with van der Waals surface area (Å²) in [6.07, 6.45) is 16.3. The first kappa shape index (κ1) is 50.3. The number of hydrogen-bond acceptors (Lipinski definition) is 10. The second-order valence-corrected chi connectivity index (χ2v) is 22.2. The number of ether oxygens (including phenoxy) is 5. The van der Waals surface area contributed by atoms with Crippen molar-refractivity contribution >= 4 is 29.8 Å². The smallest absolute Gasteiger partial charge is 0.339 e. The number of likely N-dealkylation sites (tertiary alicyclic amines) is 1. The minimum absolute atomic E-state index is 0.0227. The molecule has 1 unspecified atom stereocenters. The summed E-state index contributed by atoms with van der Waals surface area (Å²) in [5, 5.41) is 13.0. The molecule has 0 aromatic heterocycles. The molecule has 6 aliphatic rings. The monoisotopic (exact) mass is 917 g/mol. The molecule has 3 aliphatic heterocycles. The van der Waals surface area contributed by atoms with Crippen molar-refractivity contribution in [2.75, 3.05) is 13.2 Å². The van der Waals surface area contributed by atoms with Crippen LogP contribution in [0.2, 0.25) is 0 Å². The number of carbonyl (C=O) groups excluding carboxylic acids is 4. The van der Waals surface area contributed by atoms with E-state index in [1.54, 1.807) is 25.7 Å². The molecule has 7 rings (SSSR count). The van der Waals surface area contributed by atoms with Gasteiger partial charge in [-0.3, -0.25) is 14.4 Å². The molecule has 3 heterocycles. The maximum atomic E-state index is 14.7. The minimum Gasteiger partial charge on any atom is -0.460 e. The fraction of sp³-hybridized carbons (Fsp3) is 0.741. The SMILES string of the molecule is CCCCCC1(CCCCC)O[C@@H]2[C@@H](C=C(C(=O)N3CCC[C@@H]3C(=O)N[C@H](CO)CCC(=O)OC(C)(C)C)C[C@H]2OC(=O)c2ccccc2C=C2CCC3O[C@]3(C)CC[C@@H]3[C@@H]2CC3(C)C)O1. The topological polar surface area (TPSA) is 153 Å². The van der Waals surface area contributed by atoms with E-state index in [2.05, 4.69) is 46.0 Å². The van der Waals surface area contributed by atoms with Crippen LogP contribution < -0.4 is 5.32 Å². The van der Waals surface area contributed by atoms with Crippen LogP contribution in [0.3, 0.4) is 0 Å². The van der Waals surface area contributed by atoms with Crippen molar-refractivity contribution in [2.24, 2.45) is 17.3 Å². The molecule has 3 saturated heterocycles. The van der Waals surface area contributed by atoms with Crippen molar-refractivity contribution in [3.8, 4) is 0 Å². The number of nitrogens with zero attached hydrogens (tertiary/aromatic N) is 1. The molecule has 12 heteroatoms. The van der Waals surface area contributed by atoms with Crippen LogP contribution in [0.25, 0.3) is 6.08 Å². The Kier molecular flexibility index (Phi) is 16.0. The number of allylic oxidation sites excluding steroid dienone is 1. The number of aliphatic hydroxyl groups is 1. The second kappa shape index (κ2) is 21.0. The van der Waals surface area contributed by atoms with E-state index in [-0.39, 0.29) is 54.8 Å². The van der Waals surface area contributed by atoms with E-state index in [1.807, 2.05) is 30.3 Å². The summed E-state index contributed by atoms with van der Waals surface area (Å²) < 4.78 is 32.1. The maximum absolute atomic E-state index is 14.7. The Morgan fingerprint density at radius 1 is 0.970 bits per heavy atom. The Labute approximate surface area is 394 Å². The molecule has 0 radical (unpaired) electrons. The van der Waals surface area contributed by atoms with Crippen molar-refractivity contribution in [2.45, 2.75) is 224 Å². The number of epoxide rings is 1. The Balaban J connectivity index is 1.12. The lowest BCUT2D eigenvalue weighted by Gasteiger charge is -2.53. The highest BCUT2D eigenvalue weighted by Crippen LogP contribution is 2.60. The number of esters is 2. The van der Waals surface area contributed by atoms with E-state index in [1.165, 1.54) is 5.57 Å². The lowest BCUT2D eigenvalue weighted by molar-refractivity contribution is -0.190. The highest BCUT2D eigenvalue weighted by Gasteiger charge is 2.57. The molecule has 2 N–H and O–H groups in total. The molecule has 3 aliphatic carbocycles. The average Bonchev–Trinajstić information content (AvgIpc) is 3.54. The first-order chi connectivity index (χ1) is 31.4. The van der Waals surface area contributed by atoms with Gasteiger partial charge in [-0.05, 0) is 127 Å². The van der Waals surface area contributed by atoms with Gasteiger partial charge < -0.3 is 39.0 Å². The largest absolute Gasteiger partial charge is 0.460 e. The van der Waals surface area contributed by atoms with E-state index >= 15 is 0 Å². The number of amides is 2. The van der Waals surface area contributed by atoms with E-state index in [4.69, 9.17) is 23.7 Å². The van der Waals surface area contributed by atoms with Crippen molar-refractivity contribution in [1.29, 1.82) is 0 Å². The van der Waals surface area contributed by atoms with Crippen LogP contribution in [-0.4, -0.2) is 100 Å². The number of carbonyl (C=O) groups is 4. The first-order valence-electron chi connectivity index (χ1n) is 25.6. The number of fused-ring (bicyclic) bond motifs is 3. The summed E-state index contributed by atoms with van der Waals surface area (Å²) in [6, 6.07) is 6.23. The molecule has 0 spiro atoms. The lowest BCUT2D eigenvalue weighted by Crippen LogP contribution is -2.51. The highest BCUT2D eigenvalue weighted by atomic mass is 16.8. The number of nitrogens with one attached hydrogen (secondary N) is 1. The van der Waals surface area contributed by atoms with Crippen LogP contribution in [-0.2, 0) is 38.1 Å².